The number of pyridine rings is 1. The Labute approximate surface area is 80.5 Å². The minimum atomic E-state index is -1.22. The van der Waals surface area contributed by atoms with Crippen LogP contribution in [0, 0.1) is 11.6 Å². The third-order valence-corrected chi connectivity index (χ3v) is 1.83. The lowest BCUT2D eigenvalue weighted by molar-refractivity contribution is -0.136. The van der Waals surface area contributed by atoms with Gasteiger partial charge in [-0.15, -0.1) is 0 Å². The molecule has 13 heavy (non-hydrogen) atoms. The maximum atomic E-state index is 12.8. The molecule has 3 nitrogen and oxygen atoms in total. The van der Waals surface area contributed by atoms with Gasteiger partial charge in [-0.05, 0) is 15.9 Å². The highest BCUT2D eigenvalue weighted by Gasteiger charge is 2.12. The summed E-state index contributed by atoms with van der Waals surface area (Å²) in [6, 6.07) is 0.593. The SMILES string of the molecule is O=C(O)Cc1nc(Br)c(F)cc1F. The molecule has 0 aliphatic carbocycles. The van der Waals surface area contributed by atoms with Crippen molar-refractivity contribution in [3.05, 3.63) is 28.0 Å². The number of nitrogens with zero attached hydrogens (tertiary/aromatic N) is 1. The first-order valence-electron chi connectivity index (χ1n) is 3.23. The summed E-state index contributed by atoms with van der Waals surface area (Å²) >= 11 is 2.72. The molecule has 1 N–H and O–H groups in total. The molecule has 1 aromatic heterocycles. The first kappa shape index (κ1) is 10.0. The van der Waals surface area contributed by atoms with E-state index in [4.69, 9.17) is 5.11 Å². The van der Waals surface area contributed by atoms with Crippen LogP contribution in [0.1, 0.15) is 5.69 Å². The third-order valence-electron chi connectivity index (χ3n) is 1.28. The van der Waals surface area contributed by atoms with E-state index < -0.39 is 24.0 Å². The normalized spacial score (nSPS) is 10.1. The molecule has 0 saturated carbocycles. The molecule has 1 rings (SSSR count). The number of aliphatic carboxylic acids is 1. The zero-order chi connectivity index (χ0) is 10.0. The molecular weight excluding hydrogens is 248 g/mol. The van der Waals surface area contributed by atoms with Gasteiger partial charge in [-0.2, -0.15) is 0 Å². The minimum absolute atomic E-state index is 0.190. The molecule has 70 valence electrons. The molecule has 1 aromatic rings. The molecule has 0 aliphatic heterocycles. The van der Waals surface area contributed by atoms with Gasteiger partial charge in [-0.3, -0.25) is 4.79 Å². The summed E-state index contributed by atoms with van der Waals surface area (Å²) < 4.78 is 25.2. The van der Waals surface area contributed by atoms with Crippen molar-refractivity contribution in [2.75, 3.05) is 0 Å². The summed E-state index contributed by atoms with van der Waals surface area (Å²) in [5.74, 6) is -3.03. The van der Waals surface area contributed by atoms with Crippen LogP contribution in [-0.4, -0.2) is 16.1 Å². The van der Waals surface area contributed by atoms with Gasteiger partial charge in [-0.1, -0.05) is 0 Å². The number of aromatic nitrogens is 1. The molecule has 0 aliphatic rings. The fourth-order valence-electron chi connectivity index (χ4n) is 0.747. The van der Waals surface area contributed by atoms with Gasteiger partial charge in [0.15, 0.2) is 5.82 Å². The second kappa shape index (κ2) is 3.78. The number of halogens is 3. The van der Waals surface area contributed by atoms with Gasteiger partial charge in [0.05, 0.1) is 12.1 Å². The van der Waals surface area contributed by atoms with Crippen LogP contribution in [-0.2, 0) is 11.2 Å². The van der Waals surface area contributed by atoms with Crippen molar-refractivity contribution in [2.45, 2.75) is 6.42 Å². The van der Waals surface area contributed by atoms with Gasteiger partial charge in [-0.25, -0.2) is 13.8 Å². The van der Waals surface area contributed by atoms with E-state index in [9.17, 15) is 13.6 Å². The Morgan fingerprint density at radius 1 is 1.54 bits per heavy atom. The van der Waals surface area contributed by atoms with Crippen molar-refractivity contribution in [3.63, 3.8) is 0 Å². The maximum absolute atomic E-state index is 12.8. The zero-order valence-corrected chi connectivity index (χ0v) is 7.81. The van der Waals surface area contributed by atoms with Crippen LogP contribution in [0.25, 0.3) is 0 Å². The van der Waals surface area contributed by atoms with Gasteiger partial charge >= 0.3 is 5.97 Å². The highest BCUT2D eigenvalue weighted by molar-refractivity contribution is 9.10. The molecule has 0 amide bonds. The Morgan fingerprint density at radius 3 is 2.69 bits per heavy atom. The number of carboxylic acids is 1. The number of rotatable bonds is 2. The molecule has 0 atom stereocenters. The van der Waals surface area contributed by atoms with Crippen molar-refractivity contribution < 1.29 is 18.7 Å². The first-order valence-corrected chi connectivity index (χ1v) is 4.02. The number of hydrogen-bond donors (Lipinski definition) is 1. The van der Waals surface area contributed by atoms with E-state index in [2.05, 4.69) is 20.9 Å². The van der Waals surface area contributed by atoms with E-state index in [1.54, 1.807) is 0 Å². The first-order chi connectivity index (χ1) is 6.00. The van der Waals surface area contributed by atoms with E-state index in [1.165, 1.54) is 0 Å². The Hall–Kier alpha value is -1.04. The van der Waals surface area contributed by atoms with Crippen LogP contribution in [0.5, 0.6) is 0 Å². The number of carbonyl (C=O) groups is 1. The second-order valence-electron chi connectivity index (χ2n) is 2.26. The van der Waals surface area contributed by atoms with Crippen molar-refractivity contribution in [2.24, 2.45) is 0 Å². The summed E-state index contributed by atoms with van der Waals surface area (Å²) in [6.45, 7) is 0. The molecule has 0 spiro atoms. The number of carboxylic acid groups (broad SMARTS) is 1. The lowest BCUT2D eigenvalue weighted by Crippen LogP contribution is -2.06. The fourth-order valence-corrected chi connectivity index (χ4v) is 1.08. The molecule has 1 heterocycles. The van der Waals surface area contributed by atoms with Crippen molar-refractivity contribution >= 4 is 21.9 Å². The molecular formula is C7H4BrF2NO2. The Morgan fingerprint density at radius 2 is 2.15 bits per heavy atom. The average Bonchev–Trinajstić information content (AvgIpc) is 1.99. The predicted molar refractivity (Wildman–Crippen MR) is 43.2 cm³/mol. The Bertz CT molecular complexity index is 357. The largest absolute Gasteiger partial charge is 0.481 e. The van der Waals surface area contributed by atoms with Crippen molar-refractivity contribution in [1.82, 2.24) is 4.98 Å². The van der Waals surface area contributed by atoms with Crippen LogP contribution in [0.15, 0.2) is 10.7 Å². The molecule has 0 aromatic carbocycles. The summed E-state index contributed by atoms with van der Waals surface area (Å²) in [5, 5.41) is 8.34. The third kappa shape index (κ3) is 2.45. The van der Waals surface area contributed by atoms with Crippen LogP contribution in [0.4, 0.5) is 8.78 Å². The Balaban J connectivity index is 3.08. The Kier molecular flexibility index (Phi) is 2.92. The summed E-state index contributed by atoms with van der Waals surface area (Å²) in [5.41, 5.74) is -0.291. The van der Waals surface area contributed by atoms with Crippen LogP contribution < -0.4 is 0 Å². The van der Waals surface area contributed by atoms with E-state index in [1.807, 2.05) is 0 Å². The summed E-state index contributed by atoms with van der Waals surface area (Å²) in [6.07, 6.45) is -0.565. The lowest BCUT2D eigenvalue weighted by atomic mass is 10.2. The van der Waals surface area contributed by atoms with Gasteiger partial charge < -0.3 is 5.11 Å². The highest BCUT2D eigenvalue weighted by Crippen LogP contribution is 2.16. The summed E-state index contributed by atoms with van der Waals surface area (Å²) in [4.78, 5) is 13.6. The minimum Gasteiger partial charge on any atom is -0.481 e. The van der Waals surface area contributed by atoms with Gasteiger partial charge in [0.2, 0.25) is 0 Å². The fraction of sp³-hybridized carbons (Fsp3) is 0.143. The van der Waals surface area contributed by atoms with E-state index >= 15 is 0 Å². The van der Waals surface area contributed by atoms with Crippen molar-refractivity contribution in [3.8, 4) is 0 Å². The number of hydrogen-bond acceptors (Lipinski definition) is 2. The van der Waals surface area contributed by atoms with Gasteiger partial charge in [0, 0.05) is 6.07 Å². The quantitative estimate of drug-likeness (QED) is 0.815. The average molecular weight is 252 g/mol. The predicted octanol–water partition coefficient (Wildman–Crippen LogP) is 1.75. The lowest BCUT2D eigenvalue weighted by Gasteiger charge is -2.00. The van der Waals surface area contributed by atoms with Gasteiger partial charge in [0.1, 0.15) is 10.4 Å². The monoisotopic (exact) mass is 251 g/mol. The molecule has 0 fully saturated rings. The van der Waals surface area contributed by atoms with Crippen LogP contribution in [0.2, 0.25) is 0 Å². The van der Waals surface area contributed by atoms with E-state index in [0.717, 1.165) is 0 Å². The molecule has 0 bridgehead atoms. The summed E-state index contributed by atoms with van der Waals surface area (Å²) in [7, 11) is 0. The van der Waals surface area contributed by atoms with Crippen LogP contribution in [0.3, 0.4) is 0 Å². The van der Waals surface area contributed by atoms with E-state index in [0.29, 0.717) is 6.07 Å². The maximum Gasteiger partial charge on any atom is 0.309 e. The molecule has 0 radical (unpaired) electrons. The topological polar surface area (TPSA) is 50.2 Å². The molecule has 0 saturated heterocycles. The van der Waals surface area contributed by atoms with Gasteiger partial charge in [0.25, 0.3) is 0 Å². The second-order valence-corrected chi connectivity index (χ2v) is 3.01. The highest BCUT2D eigenvalue weighted by atomic mass is 79.9. The molecule has 0 unspecified atom stereocenters. The van der Waals surface area contributed by atoms with Crippen molar-refractivity contribution in [1.29, 1.82) is 0 Å². The zero-order valence-electron chi connectivity index (χ0n) is 6.22. The van der Waals surface area contributed by atoms with E-state index in [-0.39, 0.29) is 10.3 Å². The molecule has 6 heteroatoms. The standard InChI is InChI=1S/C7H4BrF2NO2/c8-7-4(10)1-3(9)5(11-7)2-6(12)13/h1H,2H2,(H,12,13). The van der Waals surface area contributed by atoms with Crippen LogP contribution >= 0.6 is 15.9 Å². The smallest absolute Gasteiger partial charge is 0.309 e.